The molecule has 138 valence electrons. The molecular weight excluding hydrogens is 326 g/mol. The van der Waals surface area contributed by atoms with E-state index in [1.807, 2.05) is 37.3 Å². The van der Waals surface area contributed by atoms with Crippen LogP contribution >= 0.6 is 0 Å². The predicted octanol–water partition coefficient (Wildman–Crippen LogP) is -0.426. The van der Waals surface area contributed by atoms with E-state index in [0.29, 0.717) is 6.42 Å². The summed E-state index contributed by atoms with van der Waals surface area (Å²) in [5, 5.41) is 5.10. The van der Waals surface area contributed by atoms with Crippen LogP contribution in [-0.2, 0) is 30.3 Å². The van der Waals surface area contributed by atoms with Gasteiger partial charge in [0.15, 0.2) is 0 Å². The lowest BCUT2D eigenvalue weighted by atomic mass is 10.0. The van der Waals surface area contributed by atoms with Crippen LogP contribution in [0, 0.1) is 5.92 Å². The minimum absolute atomic E-state index is 0.00575. The van der Waals surface area contributed by atoms with Crippen molar-refractivity contribution < 1.29 is 23.9 Å². The molecule has 3 amide bonds. The van der Waals surface area contributed by atoms with Gasteiger partial charge in [-0.25, -0.2) is 0 Å². The highest BCUT2D eigenvalue weighted by Gasteiger charge is 2.14. The second-order valence-corrected chi connectivity index (χ2v) is 5.48. The first kappa shape index (κ1) is 20.6. The Kier molecular flexibility index (Phi) is 9.88. The average molecular weight is 351 g/mol. The molecule has 0 unspecified atom stereocenters. The molecule has 0 aromatic heterocycles. The van der Waals surface area contributed by atoms with Crippen LogP contribution in [0.4, 0.5) is 0 Å². The van der Waals surface area contributed by atoms with E-state index in [1.165, 1.54) is 0 Å². The molecule has 0 bridgehead atoms. The first-order valence-electron chi connectivity index (χ1n) is 8.01. The standard InChI is InChI=1S/C17H25N3O5/c1-13(9-14-5-3-2-4-6-14)17(23)19-10-16(22)20-12-25-8-7-24-11-15(18)21/h2-6,13H,7-12H2,1H3,(H2,18,21)(H,19,23)(H,20,22)/t13-/m0/s1. The Hall–Kier alpha value is -2.45. The first-order valence-corrected chi connectivity index (χ1v) is 8.01. The summed E-state index contributed by atoms with van der Waals surface area (Å²) in [4.78, 5) is 34.0. The second kappa shape index (κ2) is 12.0. The van der Waals surface area contributed by atoms with Crippen LogP contribution in [0.5, 0.6) is 0 Å². The van der Waals surface area contributed by atoms with Crippen molar-refractivity contribution in [3.05, 3.63) is 35.9 Å². The van der Waals surface area contributed by atoms with Gasteiger partial charge in [0.25, 0.3) is 0 Å². The molecule has 0 aliphatic carbocycles. The van der Waals surface area contributed by atoms with Crippen molar-refractivity contribution in [3.8, 4) is 0 Å². The molecule has 0 aliphatic rings. The largest absolute Gasteiger partial charge is 0.369 e. The Balaban J connectivity index is 2.08. The third-order valence-electron chi connectivity index (χ3n) is 3.24. The first-order chi connectivity index (χ1) is 12.0. The van der Waals surface area contributed by atoms with Gasteiger partial charge in [-0.15, -0.1) is 0 Å². The lowest BCUT2D eigenvalue weighted by Crippen LogP contribution is -2.40. The summed E-state index contributed by atoms with van der Waals surface area (Å²) in [5.41, 5.74) is 5.97. The van der Waals surface area contributed by atoms with Crippen LogP contribution in [0.2, 0.25) is 0 Å². The summed E-state index contributed by atoms with van der Waals surface area (Å²) >= 11 is 0. The molecule has 1 aromatic rings. The fraction of sp³-hybridized carbons (Fsp3) is 0.471. The van der Waals surface area contributed by atoms with Crippen molar-refractivity contribution >= 4 is 17.7 Å². The van der Waals surface area contributed by atoms with E-state index in [2.05, 4.69) is 10.6 Å². The molecular formula is C17H25N3O5. The van der Waals surface area contributed by atoms with Crippen molar-refractivity contribution in [3.63, 3.8) is 0 Å². The molecule has 8 heteroatoms. The van der Waals surface area contributed by atoms with Crippen molar-refractivity contribution in [2.45, 2.75) is 13.3 Å². The van der Waals surface area contributed by atoms with Gasteiger partial charge in [-0.05, 0) is 12.0 Å². The predicted molar refractivity (Wildman–Crippen MR) is 91.3 cm³/mol. The second-order valence-electron chi connectivity index (χ2n) is 5.48. The number of ether oxygens (including phenoxy) is 2. The minimum Gasteiger partial charge on any atom is -0.369 e. The highest BCUT2D eigenvalue weighted by atomic mass is 16.5. The Labute approximate surface area is 147 Å². The molecule has 0 radical (unpaired) electrons. The van der Waals surface area contributed by atoms with E-state index in [-0.39, 0.29) is 50.8 Å². The van der Waals surface area contributed by atoms with Gasteiger partial charge in [-0.1, -0.05) is 37.3 Å². The van der Waals surface area contributed by atoms with Gasteiger partial charge in [-0.3, -0.25) is 14.4 Å². The molecule has 0 saturated heterocycles. The molecule has 0 fully saturated rings. The third-order valence-corrected chi connectivity index (χ3v) is 3.24. The summed E-state index contributed by atoms with van der Waals surface area (Å²) in [7, 11) is 0. The van der Waals surface area contributed by atoms with E-state index < -0.39 is 5.91 Å². The zero-order valence-electron chi connectivity index (χ0n) is 14.3. The van der Waals surface area contributed by atoms with Crippen molar-refractivity contribution in [2.75, 3.05) is 33.1 Å². The maximum absolute atomic E-state index is 12.0. The number of amides is 3. The molecule has 1 rings (SSSR count). The van der Waals surface area contributed by atoms with Gasteiger partial charge < -0.3 is 25.8 Å². The number of primary amides is 1. The quantitative estimate of drug-likeness (QED) is 0.349. The van der Waals surface area contributed by atoms with E-state index in [1.54, 1.807) is 0 Å². The zero-order chi connectivity index (χ0) is 18.5. The SMILES string of the molecule is C[C@@H](Cc1ccccc1)C(=O)NCC(=O)NCOCCOCC(N)=O. The maximum Gasteiger partial charge on any atom is 0.243 e. The van der Waals surface area contributed by atoms with Gasteiger partial charge in [0, 0.05) is 5.92 Å². The number of carbonyl (C=O) groups is 3. The summed E-state index contributed by atoms with van der Waals surface area (Å²) < 4.78 is 9.98. The summed E-state index contributed by atoms with van der Waals surface area (Å²) in [6.07, 6.45) is 0.614. The Morgan fingerprint density at radius 1 is 1.08 bits per heavy atom. The lowest BCUT2D eigenvalue weighted by Gasteiger charge is -2.12. The Bertz CT molecular complexity index is 550. The van der Waals surface area contributed by atoms with E-state index >= 15 is 0 Å². The molecule has 0 aliphatic heterocycles. The monoisotopic (exact) mass is 351 g/mol. The van der Waals surface area contributed by atoms with E-state index in [9.17, 15) is 14.4 Å². The summed E-state index contributed by atoms with van der Waals surface area (Å²) in [6.45, 7) is 1.95. The van der Waals surface area contributed by atoms with Gasteiger partial charge in [0.2, 0.25) is 17.7 Å². The van der Waals surface area contributed by atoms with Crippen LogP contribution in [0.25, 0.3) is 0 Å². The van der Waals surface area contributed by atoms with Gasteiger partial charge in [0.1, 0.15) is 13.3 Å². The van der Waals surface area contributed by atoms with Gasteiger partial charge in [-0.2, -0.15) is 0 Å². The van der Waals surface area contributed by atoms with Gasteiger partial charge in [0.05, 0.1) is 19.8 Å². The van der Waals surface area contributed by atoms with Crippen LogP contribution < -0.4 is 16.4 Å². The summed E-state index contributed by atoms with van der Waals surface area (Å²) in [5.74, 6) is -1.31. The number of hydrogen-bond donors (Lipinski definition) is 3. The highest BCUT2D eigenvalue weighted by Crippen LogP contribution is 2.07. The number of carbonyl (C=O) groups excluding carboxylic acids is 3. The molecule has 1 aromatic carbocycles. The molecule has 1 atom stereocenters. The molecule has 0 saturated carbocycles. The summed E-state index contributed by atoms with van der Waals surface area (Å²) in [6, 6.07) is 9.69. The van der Waals surface area contributed by atoms with Crippen molar-refractivity contribution in [1.29, 1.82) is 0 Å². The van der Waals surface area contributed by atoms with Crippen LogP contribution in [0.1, 0.15) is 12.5 Å². The number of nitrogens with two attached hydrogens (primary N) is 1. The molecule has 25 heavy (non-hydrogen) atoms. The highest BCUT2D eigenvalue weighted by molar-refractivity contribution is 5.85. The number of hydrogen-bond acceptors (Lipinski definition) is 5. The molecule has 8 nitrogen and oxygen atoms in total. The maximum atomic E-state index is 12.0. The third kappa shape index (κ3) is 10.1. The molecule has 4 N–H and O–H groups in total. The number of benzene rings is 1. The topological polar surface area (TPSA) is 120 Å². The van der Waals surface area contributed by atoms with Crippen LogP contribution in [0.15, 0.2) is 30.3 Å². The lowest BCUT2D eigenvalue weighted by molar-refractivity contribution is -0.129. The molecule has 0 heterocycles. The fourth-order valence-corrected chi connectivity index (χ4v) is 1.96. The van der Waals surface area contributed by atoms with Crippen LogP contribution in [0.3, 0.4) is 0 Å². The molecule has 0 spiro atoms. The fourth-order valence-electron chi connectivity index (χ4n) is 1.96. The van der Waals surface area contributed by atoms with Crippen molar-refractivity contribution in [1.82, 2.24) is 10.6 Å². The van der Waals surface area contributed by atoms with Gasteiger partial charge >= 0.3 is 0 Å². The normalized spacial score (nSPS) is 11.6. The zero-order valence-corrected chi connectivity index (χ0v) is 14.3. The average Bonchev–Trinajstić information content (AvgIpc) is 2.59. The van der Waals surface area contributed by atoms with E-state index in [0.717, 1.165) is 5.56 Å². The Morgan fingerprint density at radius 2 is 1.76 bits per heavy atom. The Morgan fingerprint density at radius 3 is 2.44 bits per heavy atom. The number of nitrogens with one attached hydrogen (secondary N) is 2. The minimum atomic E-state index is -0.550. The smallest absolute Gasteiger partial charge is 0.243 e. The number of rotatable bonds is 12. The van der Waals surface area contributed by atoms with Crippen molar-refractivity contribution in [2.24, 2.45) is 11.7 Å². The van der Waals surface area contributed by atoms with Crippen LogP contribution in [-0.4, -0.2) is 50.8 Å². The van der Waals surface area contributed by atoms with E-state index in [4.69, 9.17) is 15.2 Å².